The van der Waals surface area contributed by atoms with Gasteiger partial charge in [-0.3, -0.25) is 4.79 Å². The SMILES string of the molecule is CCN(CC)C(=O)c1cc(N2CCCCCC2)nc(-c2ccccc2)n1. The van der Waals surface area contributed by atoms with Gasteiger partial charge in [0.1, 0.15) is 11.5 Å². The lowest BCUT2D eigenvalue weighted by Gasteiger charge is -2.24. The first kappa shape index (κ1) is 18.4. The Morgan fingerprint density at radius 1 is 1.00 bits per heavy atom. The summed E-state index contributed by atoms with van der Waals surface area (Å²) in [6, 6.07) is 11.8. The molecule has 2 heterocycles. The van der Waals surface area contributed by atoms with Gasteiger partial charge in [0.2, 0.25) is 0 Å². The van der Waals surface area contributed by atoms with Gasteiger partial charge in [0.15, 0.2) is 5.82 Å². The molecule has 2 aromatic rings. The molecule has 3 rings (SSSR count). The molecule has 1 aromatic carbocycles. The van der Waals surface area contributed by atoms with Crippen molar-refractivity contribution in [2.75, 3.05) is 31.1 Å². The van der Waals surface area contributed by atoms with Gasteiger partial charge < -0.3 is 9.80 Å². The van der Waals surface area contributed by atoms with Crippen LogP contribution in [0.4, 0.5) is 5.82 Å². The Morgan fingerprint density at radius 3 is 2.27 bits per heavy atom. The molecular weight excluding hydrogens is 324 g/mol. The second-order valence-electron chi connectivity index (χ2n) is 6.68. The average molecular weight is 352 g/mol. The summed E-state index contributed by atoms with van der Waals surface area (Å²) in [7, 11) is 0. The lowest BCUT2D eigenvalue weighted by Crippen LogP contribution is -2.32. The number of benzene rings is 1. The molecule has 0 N–H and O–H groups in total. The van der Waals surface area contributed by atoms with Crippen LogP contribution >= 0.6 is 0 Å². The van der Waals surface area contributed by atoms with Gasteiger partial charge in [-0.2, -0.15) is 0 Å². The van der Waals surface area contributed by atoms with Gasteiger partial charge in [-0.1, -0.05) is 43.2 Å². The monoisotopic (exact) mass is 352 g/mol. The van der Waals surface area contributed by atoms with Gasteiger partial charge in [0.05, 0.1) is 0 Å². The highest BCUT2D eigenvalue weighted by molar-refractivity contribution is 5.93. The lowest BCUT2D eigenvalue weighted by molar-refractivity contribution is 0.0767. The van der Waals surface area contributed by atoms with Crippen LogP contribution in [0.3, 0.4) is 0 Å². The van der Waals surface area contributed by atoms with Crippen molar-refractivity contribution in [2.24, 2.45) is 0 Å². The van der Waals surface area contributed by atoms with E-state index in [9.17, 15) is 4.79 Å². The number of nitrogens with zero attached hydrogens (tertiary/aromatic N) is 4. The van der Waals surface area contributed by atoms with Crippen molar-refractivity contribution in [1.29, 1.82) is 0 Å². The lowest BCUT2D eigenvalue weighted by atomic mass is 10.2. The van der Waals surface area contributed by atoms with E-state index in [2.05, 4.69) is 9.88 Å². The Kier molecular flexibility index (Phi) is 6.21. The summed E-state index contributed by atoms with van der Waals surface area (Å²) in [6.07, 6.45) is 4.87. The van der Waals surface area contributed by atoms with E-state index in [-0.39, 0.29) is 5.91 Å². The molecule has 1 aromatic heterocycles. The largest absolute Gasteiger partial charge is 0.356 e. The highest BCUT2D eigenvalue weighted by atomic mass is 16.2. The Balaban J connectivity index is 2.03. The summed E-state index contributed by atoms with van der Waals surface area (Å²) in [6.45, 7) is 7.33. The zero-order valence-electron chi connectivity index (χ0n) is 15.8. The van der Waals surface area contributed by atoms with Crippen molar-refractivity contribution in [3.63, 3.8) is 0 Å². The van der Waals surface area contributed by atoms with E-state index in [4.69, 9.17) is 4.98 Å². The van der Waals surface area contributed by atoms with Crippen LogP contribution in [0, 0.1) is 0 Å². The molecule has 5 nitrogen and oxygen atoms in total. The average Bonchev–Trinajstić information content (AvgIpc) is 2.99. The Labute approximate surface area is 156 Å². The van der Waals surface area contributed by atoms with E-state index >= 15 is 0 Å². The summed E-state index contributed by atoms with van der Waals surface area (Å²) in [5.74, 6) is 1.48. The minimum atomic E-state index is -0.0225. The third-order valence-electron chi connectivity index (χ3n) is 4.94. The molecule has 0 radical (unpaired) electrons. The fourth-order valence-electron chi connectivity index (χ4n) is 3.39. The normalized spacial score (nSPS) is 14.8. The van der Waals surface area contributed by atoms with Crippen LogP contribution in [0.15, 0.2) is 36.4 Å². The molecule has 26 heavy (non-hydrogen) atoms. The topological polar surface area (TPSA) is 49.3 Å². The van der Waals surface area contributed by atoms with E-state index in [0.29, 0.717) is 24.6 Å². The fraction of sp³-hybridized carbons (Fsp3) is 0.476. The molecule has 0 atom stereocenters. The maximum absolute atomic E-state index is 12.9. The zero-order valence-corrected chi connectivity index (χ0v) is 15.8. The number of carbonyl (C=O) groups excluding carboxylic acids is 1. The smallest absolute Gasteiger partial charge is 0.272 e. The first-order valence-electron chi connectivity index (χ1n) is 9.71. The first-order chi connectivity index (χ1) is 12.7. The number of hydrogen-bond donors (Lipinski definition) is 0. The van der Waals surface area contributed by atoms with Crippen molar-refractivity contribution < 1.29 is 4.79 Å². The molecule has 0 saturated carbocycles. The molecule has 0 aliphatic carbocycles. The van der Waals surface area contributed by atoms with E-state index in [1.165, 1.54) is 25.7 Å². The van der Waals surface area contributed by atoms with Gasteiger partial charge in [-0.15, -0.1) is 0 Å². The molecular formula is C21H28N4O. The van der Waals surface area contributed by atoms with Crippen LogP contribution in [0.25, 0.3) is 11.4 Å². The van der Waals surface area contributed by atoms with Crippen LogP contribution < -0.4 is 4.90 Å². The number of carbonyl (C=O) groups is 1. The quantitative estimate of drug-likeness (QED) is 0.816. The van der Waals surface area contributed by atoms with Gasteiger partial charge in [0, 0.05) is 37.8 Å². The van der Waals surface area contributed by atoms with E-state index < -0.39 is 0 Å². The zero-order chi connectivity index (χ0) is 18.4. The fourth-order valence-corrected chi connectivity index (χ4v) is 3.39. The maximum Gasteiger partial charge on any atom is 0.272 e. The van der Waals surface area contributed by atoms with Gasteiger partial charge >= 0.3 is 0 Å². The molecule has 0 bridgehead atoms. The van der Waals surface area contributed by atoms with Crippen molar-refractivity contribution in [1.82, 2.24) is 14.9 Å². The Morgan fingerprint density at radius 2 is 1.65 bits per heavy atom. The predicted octanol–water partition coefficient (Wildman–Crippen LogP) is 4.01. The van der Waals surface area contributed by atoms with Crippen LogP contribution in [0.5, 0.6) is 0 Å². The van der Waals surface area contributed by atoms with Crippen LogP contribution in [-0.4, -0.2) is 47.0 Å². The van der Waals surface area contributed by atoms with E-state index in [1.54, 1.807) is 0 Å². The highest BCUT2D eigenvalue weighted by Gasteiger charge is 2.20. The van der Waals surface area contributed by atoms with Gasteiger partial charge in [-0.05, 0) is 26.7 Å². The van der Waals surface area contributed by atoms with Crippen LogP contribution in [0.1, 0.15) is 50.0 Å². The minimum absolute atomic E-state index is 0.0225. The van der Waals surface area contributed by atoms with Gasteiger partial charge in [-0.25, -0.2) is 9.97 Å². The number of aromatic nitrogens is 2. The molecule has 0 unspecified atom stereocenters. The second kappa shape index (κ2) is 8.79. The molecule has 1 fully saturated rings. The molecule has 1 amide bonds. The Bertz CT molecular complexity index is 720. The summed E-state index contributed by atoms with van der Waals surface area (Å²) < 4.78 is 0. The Hall–Kier alpha value is -2.43. The molecule has 1 aliphatic rings. The summed E-state index contributed by atoms with van der Waals surface area (Å²) >= 11 is 0. The number of hydrogen-bond acceptors (Lipinski definition) is 4. The third-order valence-corrected chi connectivity index (χ3v) is 4.94. The number of anilines is 1. The van der Waals surface area contributed by atoms with Gasteiger partial charge in [0.25, 0.3) is 5.91 Å². The van der Waals surface area contributed by atoms with Crippen molar-refractivity contribution in [3.8, 4) is 11.4 Å². The molecule has 1 saturated heterocycles. The predicted molar refractivity (Wildman–Crippen MR) is 105 cm³/mol. The van der Waals surface area contributed by atoms with Crippen molar-refractivity contribution >= 4 is 11.7 Å². The summed E-state index contributed by atoms with van der Waals surface area (Å²) in [5.41, 5.74) is 1.43. The maximum atomic E-state index is 12.9. The highest BCUT2D eigenvalue weighted by Crippen LogP contribution is 2.23. The molecule has 5 heteroatoms. The van der Waals surface area contributed by atoms with E-state index in [1.807, 2.05) is 55.1 Å². The first-order valence-corrected chi connectivity index (χ1v) is 9.71. The minimum Gasteiger partial charge on any atom is -0.356 e. The van der Waals surface area contributed by atoms with Crippen molar-refractivity contribution in [2.45, 2.75) is 39.5 Å². The summed E-state index contributed by atoms with van der Waals surface area (Å²) in [5, 5.41) is 0. The van der Waals surface area contributed by atoms with Crippen LogP contribution in [0.2, 0.25) is 0 Å². The molecule has 138 valence electrons. The van der Waals surface area contributed by atoms with Crippen LogP contribution in [-0.2, 0) is 0 Å². The van der Waals surface area contributed by atoms with Crippen molar-refractivity contribution in [3.05, 3.63) is 42.1 Å². The standard InChI is InChI=1S/C21H28N4O/c1-3-24(4-2)21(26)18-16-19(25-14-10-5-6-11-15-25)23-20(22-18)17-12-8-7-9-13-17/h7-9,12-13,16H,3-6,10-11,14-15H2,1-2H3. The molecule has 0 spiro atoms. The molecule has 1 aliphatic heterocycles. The number of rotatable bonds is 5. The third kappa shape index (κ3) is 4.21. The van der Waals surface area contributed by atoms with E-state index in [0.717, 1.165) is 24.5 Å². The summed E-state index contributed by atoms with van der Waals surface area (Å²) in [4.78, 5) is 26.4. The number of amides is 1. The second-order valence-corrected chi connectivity index (χ2v) is 6.68.